The quantitative estimate of drug-likeness (QED) is 0.471. The molecule has 0 atom stereocenters. The number of hydrogen-bond acceptors (Lipinski definition) is 2. The lowest BCUT2D eigenvalue weighted by Crippen LogP contribution is -2.22. The summed E-state index contributed by atoms with van der Waals surface area (Å²) < 4.78 is 5.16. The average Bonchev–Trinajstić information content (AvgIpc) is 2.45. The van der Waals surface area contributed by atoms with Crippen LogP contribution in [-0.2, 0) is 6.54 Å². The van der Waals surface area contributed by atoms with E-state index in [1.54, 1.807) is 7.11 Å². The Morgan fingerprint density at radius 2 is 1.95 bits per heavy atom. The summed E-state index contributed by atoms with van der Waals surface area (Å²) in [6, 6.07) is 15.8. The normalized spacial score (nSPS) is 10.7. The van der Waals surface area contributed by atoms with Gasteiger partial charge in [0.25, 0.3) is 0 Å². The van der Waals surface area contributed by atoms with Crippen LogP contribution in [0.25, 0.3) is 0 Å². The number of halogens is 1. The molecule has 0 aliphatic carbocycles. The van der Waals surface area contributed by atoms with Gasteiger partial charge >= 0.3 is 0 Å². The summed E-state index contributed by atoms with van der Waals surface area (Å²) in [7, 11) is 1.63. The third-order valence-corrected chi connectivity index (χ3v) is 2.86. The summed E-state index contributed by atoms with van der Waals surface area (Å²) >= 11 is 0. The highest BCUT2D eigenvalue weighted by Gasteiger charge is 1.98. The van der Waals surface area contributed by atoms with E-state index in [-0.39, 0.29) is 24.0 Å². The molecule has 4 nitrogen and oxygen atoms in total. The van der Waals surface area contributed by atoms with Crippen molar-refractivity contribution in [3.8, 4) is 5.75 Å². The number of benzene rings is 2. The second kappa shape index (κ2) is 8.51. The molecule has 0 amide bonds. The Morgan fingerprint density at radius 1 is 1.19 bits per heavy atom. The number of nitrogens with two attached hydrogens (primary N) is 1. The number of guanidine groups is 1. The predicted octanol–water partition coefficient (Wildman–Crippen LogP) is 3.55. The maximum absolute atomic E-state index is 5.88. The highest BCUT2D eigenvalue weighted by atomic mass is 127. The molecule has 0 unspecified atom stereocenters. The molecular formula is C16H20IN3O. The Labute approximate surface area is 142 Å². The zero-order chi connectivity index (χ0) is 14.4. The van der Waals surface area contributed by atoms with Gasteiger partial charge in [-0.1, -0.05) is 35.9 Å². The molecule has 112 valence electrons. The smallest absolute Gasteiger partial charge is 0.193 e. The summed E-state index contributed by atoms with van der Waals surface area (Å²) in [5.41, 5.74) is 9.10. The first-order valence-corrected chi connectivity index (χ1v) is 6.44. The molecule has 0 spiro atoms. The van der Waals surface area contributed by atoms with E-state index in [0.29, 0.717) is 12.5 Å². The molecule has 0 saturated heterocycles. The van der Waals surface area contributed by atoms with E-state index in [1.165, 1.54) is 5.56 Å². The van der Waals surface area contributed by atoms with Gasteiger partial charge in [0.05, 0.1) is 13.7 Å². The van der Waals surface area contributed by atoms with Gasteiger partial charge in [-0.2, -0.15) is 0 Å². The molecule has 0 aromatic heterocycles. The minimum Gasteiger partial charge on any atom is -0.497 e. The van der Waals surface area contributed by atoms with Crippen molar-refractivity contribution in [2.45, 2.75) is 13.5 Å². The van der Waals surface area contributed by atoms with Gasteiger partial charge in [0.15, 0.2) is 5.96 Å². The van der Waals surface area contributed by atoms with Crippen LogP contribution in [0.5, 0.6) is 5.75 Å². The molecule has 0 radical (unpaired) electrons. The van der Waals surface area contributed by atoms with E-state index < -0.39 is 0 Å². The number of nitrogens with one attached hydrogen (secondary N) is 1. The molecule has 21 heavy (non-hydrogen) atoms. The first kappa shape index (κ1) is 17.3. The van der Waals surface area contributed by atoms with Crippen molar-refractivity contribution in [3.05, 3.63) is 59.7 Å². The lowest BCUT2D eigenvalue weighted by Gasteiger charge is -2.07. The van der Waals surface area contributed by atoms with Gasteiger partial charge in [-0.05, 0) is 24.6 Å². The van der Waals surface area contributed by atoms with E-state index in [9.17, 15) is 0 Å². The Kier molecular flexibility index (Phi) is 7.01. The first-order valence-electron chi connectivity index (χ1n) is 6.44. The van der Waals surface area contributed by atoms with Gasteiger partial charge in [0.2, 0.25) is 0 Å². The van der Waals surface area contributed by atoms with Crippen LogP contribution < -0.4 is 15.8 Å². The molecule has 5 heteroatoms. The summed E-state index contributed by atoms with van der Waals surface area (Å²) in [6.45, 7) is 2.62. The van der Waals surface area contributed by atoms with E-state index in [2.05, 4.69) is 29.4 Å². The molecule has 3 N–H and O–H groups in total. The number of ether oxygens (including phenoxy) is 1. The summed E-state index contributed by atoms with van der Waals surface area (Å²) in [6.07, 6.45) is 0. The van der Waals surface area contributed by atoms with Crippen molar-refractivity contribution in [3.63, 3.8) is 0 Å². The van der Waals surface area contributed by atoms with Gasteiger partial charge in [-0.25, -0.2) is 4.99 Å². The zero-order valence-corrected chi connectivity index (χ0v) is 14.5. The maximum atomic E-state index is 5.88. The molecule has 0 heterocycles. The van der Waals surface area contributed by atoms with Crippen LogP contribution in [-0.4, -0.2) is 13.1 Å². The van der Waals surface area contributed by atoms with Crippen molar-refractivity contribution in [2.75, 3.05) is 12.4 Å². The highest BCUT2D eigenvalue weighted by molar-refractivity contribution is 14.0. The van der Waals surface area contributed by atoms with Crippen molar-refractivity contribution in [1.82, 2.24) is 0 Å². The summed E-state index contributed by atoms with van der Waals surface area (Å²) in [5.74, 6) is 1.17. The number of nitrogens with zero attached hydrogens (tertiary/aromatic N) is 1. The van der Waals surface area contributed by atoms with Gasteiger partial charge in [-0.3, -0.25) is 0 Å². The maximum Gasteiger partial charge on any atom is 0.193 e. The molecule has 0 fully saturated rings. The largest absolute Gasteiger partial charge is 0.497 e. The Hall–Kier alpha value is -1.76. The van der Waals surface area contributed by atoms with Crippen molar-refractivity contribution in [2.24, 2.45) is 10.7 Å². The number of methoxy groups -OCH3 is 1. The molecule has 0 bridgehead atoms. The molecule has 2 rings (SSSR count). The molecule has 0 aliphatic heterocycles. The van der Waals surface area contributed by atoms with Gasteiger partial charge < -0.3 is 15.8 Å². The Balaban J connectivity index is 0.00000220. The summed E-state index contributed by atoms with van der Waals surface area (Å²) in [4.78, 5) is 4.33. The van der Waals surface area contributed by atoms with Crippen molar-refractivity contribution < 1.29 is 4.74 Å². The number of anilines is 1. The molecule has 2 aromatic rings. The van der Waals surface area contributed by atoms with Gasteiger partial charge in [0.1, 0.15) is 5.75 Å². The van der Waals surface area contributed by atoms with Crippen LogP contribution in [0.3, 0.4) is 0 Å². The number of rotatable bonds is 4. The van der Waals surface area contributed by atoms with Crippen LogP contribution in [0.4, 0.5) is 5.69 Å². The fourth-order valence-corrected chi connectivity index (χ4v) is 1.88. The lowest BCUT2D eigenvalue weighted by atomic mass is 10.1. The Morgan fingerprint density at radius 3 is 2.67 bits per heavy atom. The second-order valence-corrected chi connectivity index (χ2v) is 4.55. The summed E-state index contributed by atoms with van der Waals surface area (Å²) in [5, 5.41) is 3.05. The number of aliphatic imine (C=N–C) groups is 1. The van der Waals surface area contributed by atoms with Crippen molar-refractivity contribution in [1.29, 1.82) is 0 Å². The molecule has 0 saturated carbocycles. The highest BCUT2D eigenvalue weighted by Crippen LogP contribution is 2.16. The Bertz CT molecular complexity index is 614. The van der Waals surface area contributed by atoms with E-state index in [4.69, 9.17) is 10.5 Å². The van der Waals surface area contributed by atoms with Crippen molar-refractivity contribution >= 4 is 35.6 Å². The van der Waals surface area contributed by atoms with Crippen LogP contribution in [0.1, 0.15) is 11.1 Å². The third-order valence-electron chi connectivity index (χ3n) is 2.86. The van der Waals surface area contributed by atoms with E-state index in [1.807, 2.05) is 36.4 Å². The molecular weight excluding hydrogens is 377 g/mol. The second-order valence-electron chi connectivity index (χ2n) is 4.55. The topological polar surface area (TPSA) is 59.6 Å². The standard InChI is InChI=1S/C16H19N3O.HI/c1-12-5-3-6-13(9-12)11-18-16(17)19-14-7-4-8-15(10-14)20-2;/h3-10H,11H2,1-2H3,(H3,17,18,19);1H. The van der Waals surface area contributed by atoms with Crippen LogP contribution in [0.15, 0.2) is 53.5 Å². The fraction of sp³-hybridized carbons (Fsp3) is 0.188. The molecule has 0 aliphatic rings. The number of aryl methyl sites for hydroxylation is 1. The minimum atomic E-state index is 0. The SMILES string of the molecule is COc1cccc(NC(N)=NCc2cccc(C)c2)c1.I. The lowest BCUT2D eigenvalue weighted by molar-refractivity contribution is 0.415. The van der Waals surface area contributed by atoms with Gasteiger partial charge in [-0.15, -0.1) is 24.0 Å². The predicted molar refractivity (Wildman–Crippen MR) is 98.5 cm³/mol. The van der Waals surface area contributed by atoms with Crippen LogP contribution >= 0.6 is 24.0 Å². The monoisotopic (exact) mass is 397 g/mol. The fourth-order valence-electron chi connectivity index (χ4n) is 1.88. The third kappa shape index (κ3) is 5.63. The number of hydrogen-bond donors (Lipinski definition) is 2. The zero-order valence-electron chi connectivity index (χ0n) is 12.2. The minimum absolute atomic E-state index is 0. The van der Waals surface area contributed by atoms with Crippen LogP contribution in [0, 0.1) is 6.92 Å². The average molecular weight is 397 g/mol. The van der Waals surface area contributed by atoms with Crippen LogP contribution in [0.2, 0.25) is 0 Å². The molecule has 2 aromatic carbocycles. The van der Waals surface area contributed by atoms with E-state index >= 15 is 0 Å². The van der Waals surface area contributed by atoms with E-state index in [0.717, 1.165) is 17.0 Å². The van der Waals surface area contributed by atoms with Gasteiger partial charge in [0, 0.05) is 11.8 Å². The first-order chi connectivity index (χ1) is 9.67.